The van der Waals surface area contributed by atoms with Crippen LogP contribution in [0.2, 0.25) is 5.02 Å². The fourth-order valence-electron chi connectivity index (χ4n) is 1.56. The van der Waals surface area contributed by atoms with Gasteiger partial charge in [-0.1, -0.05) is 11.6 Å². The second-order valence-electron chi connectivity index (χ2n) is 3.64. The largest absolute Gasteiger partial charge is 0.418 e. The zero-order valence-electron chi connectivity index (χ0n) is 9.08. The molecule has 0 atom stereocenters. The highest BCUT2D eigenvalue weighted by molar-refractivity contribution is 6.30. The average Bonchev–Trinajstić information content (AvgIpc) is 2.76. The molecule has 1 aromatic carbocycles. The highest BCUT2D eigenvalue weighted by Crippen LogP contribution is 2.35. The molecule has 7 heteroatoms. The molecule has 1 aromatic heterocycles. The summed E-state index contributed by atoms with van der Waals surface area (Å²) in [5.41, 5.74) is 5.04. The summed E-state index contributed by atoms with van der Waals surface area (Å²) in [6, 6.07) is 3.58. The summed E-state index contributed by atoms with van der Waals surface area (Å²) in [5.74, 6) is 0. The molecule has 0 aliphatic rings. The first-order chi connectivity index (χ1) is 8.41. The maximum absolute atomic E-state index is 12.9. The van der Waals surface area contributed by atoms with Gasteiger partial charge in [-0.3, -0.25) is 0 Å². The van der Waals surface area contributed by atoms with Crippen LogP contribution in [0.4, 0.5) is 13.2 Å². The molecule has 0 aliphatic heterocycles. The monoisotopic (exact) mass is 275 g/mol. The lowest BCUT2D eigenvalue weighted by atomic mass is 10.1. The van der Waals surface area contributed by atoms with Gasteiger partial charge in [0.25, 0.3) is 0 Å². The molecule has 0 unspecified atom stereocenters. The van der Waals surface area contributed by atoms with Gasteiger partial charge in [0.1, 0.15) is 0 Å². The lowest BCUT2D eigenvalue weighted by Gasteiger charge is -2.13. The molecule has 2 aromatic rings. The van der Waals surface area contributed by atoms with Crippen LogP contribution < -0.4 is 5.73 Å². The van der Waals surface area contributed by atoms with Crippen molar-refractivity contribution >= 4 is 11.6 Å². The Hall–Kier alpha value is -1.53. The second kappa shape index (κ2) is 4.62. The molecule has 0 spiro atoms. The third-order valence-corrected chi connectivity index (χ3v) is 2.62. The minimum absolute atomic E-state index is 0.0286. The third kappa shape index (κ3) is 2.49. The van der Waals surface area contributed by atoms with Gasteiger partial charge in [-0.25, -0.2) is 4.98 Å². The van der Waals surface area contributed by atoms with Gasteiger partial charge in [0.15, 0.2) is 0 Å². The van der Waals surface area contributed by atoms with Crippen molar-refractivity contribution in [3.63, 3.8) is 0 Å². The zero-order chi connectivity index (χ0) is 13.3. The molecule has 2 rings (SSSR count). The van der Waals surface area contributed by atoms with Crippen molar-refractivity contribution in [2.45, 2.75) is 12.7 Å². The summed E-state index contributed by atoms with van der Waals surface area (Å²) in [4.78, 5) is 3.89. The maximum atomic E-state index is 12.9. The van der Waals surface area contributed by atoms with Crippen LogP contribution in [-0.2, 0) is 12.7 Å². The summed E-state index contributed by atoms with van der Waals surface area (Å²) < 4.78 is 39.9. The predicted molar refractivity (Wildman–Crippen MR) is 61.5 cm³/mol. The van der Waals surface area contributed by atoms with Crippen LogP contribution in [0, 0.1) is 0 Å². The Bertz CT molecular complexity index is 563. The number of rotatable bonds is 2. The molecule has 0 saturated carbocycles. The zero-order valence-corrected chi connectivity index (χ0v) is 9.83. The van der Waals surface area contributed by atoms with E-state index in [0.29, 0.717) is 5.69 Å². The molecule has 0 fully saturated rings. The van der Waals surface area contributed by atoms with Crippen LogP contribution >= 0.6 is 11.6 Å². The fraction of sp³-hybridized carbons (Fsp3) is 0.182. The Morgan fingerprint density at radius 1 is 1.33 bits per heavy atom. The number of halogens is 4. The molecule has 18 heavy (non-hydrogen) atoms. The maximum Gasteiger partial charge on any atom is 0.418 e. The smallest absolute Gasteiger partial charge is 0.325 e. The van der Waals surface area contributed by atoms with E-state index in [0.717, 1.165) is 6.07 Å². The van der Waals surface area contributed by atoms with E-state index in [1.807, 2.05) is 0 Å². The molecule has 0 amide bonds. The van der Waals surface area contributed by atoms with E-state index in [1.165, 1.54) is 29.2 Å². The minimum Gasteiger partial charge on any atom is -0.325 e. The number of nitrogens with two attached hydrogens (primary N) is 1. The van der Waals surface area contributed by atoms with Crippen molar-refractivity contribution in [1.82, 2.24) is 9.55 Å². The van der Waals surface area contributed by atoms with Crippen molar-refractivity contribution < 1.29 is 13.2 Å². The average molecular weight is 276 g/mol. The first-order valence-electron chi connectivity index (χ1n) is 5.02. The van der Waals surface area contributed by atoms with Crippen LogP contribution in [0.3, 0.4) is 0 Å². The van der Waals surface area contributed by atoms with Crippen LogP contribution in [-0.4, -0.2) is 9.55 Å². The first kappa shape index (κ1) is 12.9. The molecule has 0 bridgehead atoms. The normalized spacial score (nSPS) is 11.8. The lowest BCUT2D eigenvalue weighted by Crippen LogP contribution is -2.10. The minimum atomic E-state index is -4.48. The Morgan fingerprint density at radius 3 is 2.61 bits per heavy atom. The van der Waals surface area contributed by atoms with Crippen LogP contribution in [0.5, 0.6) is 0 Å². The Labute approximate surface area is 106 Å². The van der Waals surface area contributed by atoms with Gasteiger partial charge < -0.3 is 10.3 Å². The molecule has 0 aliphatic carbocycles. The summed E-state index contributed by atoms with van der Waals surface area (Å²) >= 11 is 5.60. The summed E-state index contributed by atoms with van der Waals surface area (Å²) in [7, 11) is 0. The van der Waals surface area contributed by atoms with E-state index >= 15 is 0 Å². The number of imidazole rings is 1. The van der Waals surface area contributed by atoms with E-state index in [9.17, 15) is 13.2 Å². The Morgan fingerprint density at radius 2 is 2.06 bits per heavy atom. The van der Waals surface area contributed by atoms with Gasteiger partial charge in [0.05, 0.1) is 23.3 Å². The molecular weight excluding hydrogens is 267 g/mol. The second-order valence-corrected chi connectivity index (χ2v) is 4.07. The predicted octanol–water partition coefficient (Wildman–Crippen LogP) is 3.00. The molecule has 0 saturated heterocycles. The van der Waals surface area contributed by atoms with Gasteiger partial charge in [0.2, 0.25) is 0 Å². The highest BCUT2D eigenvalue weighted by Gasteiger charge is 2.34. The number of hydrogen-bond donors (Lipinski definition) is 1. The fourth-order valence-corrected chi connectivity index (χ4v) is 1.73. The van der Waals surface area contributed by atoms with Gasteiger partial charge >= 0.3 is 6.18 Å². The van der Waals surface area contributed by atoms with Gasteiger partial charge in [-0.15, -0.1) is 0 Å². The molecule has 1 heterocycles. The summed E-state index contributed by atoms with van der Waals surface area (Å²) in [5, 5.41) is 0.0326. The highest BCUT2D eigenvalue weighted by atomic mass is 35.5. The van der Waals surface area contributed by atoms with E-state index < -0.39 is 11.7 Å². The van der Waals surface area contributed by atoms with Crippen LogP contribution in [0.1, 0.15) is 11.3 Å². The molecule has 0 radical (unpaired) electrons. The van der Waals surface area contributed by atoms with E-state index in [1.54, 1.807) is 0 Å². The molecule has 2 N–H and O–H groups in total. The standard InChI is InChI=1S/C11H9ClF3N3/c12-7-1-2-10(9(3-7)11(13,14)15)18-5-8(4-16)17-6-18/h1-3,5-6H,4,16H2. The molecule has 3 nitrogen and oxygen atoms in total. The number of aromatic nitrogens is 2. The van der Waals surface area contributed by atoms with Gasteiger partial charge in [-0.2, -0.15) is 13.2 Å². The number of hydrogen-bond acceptors (Lipinski definition) is 2. The third-order valence-electron chi connectivity index (χ3n) is 2.39. The Balaban J connectivity index is 2.56. The van der Waals surface area contributed by atoms with Gasteiger partial charge in [0, 0.05) is 17.8 Å². The van der Waals surface area contributed by atoms with Crippen molar-refractivity contribution in [1.29, 1.82) is 0 Å². The summed E-state index contributed by atoms with van der Waals surface area (Å²) in [6.45, 7) is 0.169. The SMILES string of the molecule is NCc1cn(-c2ccc(Cl)cc2C(F)(F)F)cn1. The van der Waals surface area contributed by atoms with Crippen LogP contribution in [0.25, 0.3) is 5.69 Å². The van der Waals surface area contributed by atoms with Gasteiger partial charge in [-0.05, 0) is 18.2 Å². The number of alkyl halides is 3. The van der Waals surface area contributed by atoms with Crippen molar-refractivity contribution in [3.8, 4) is 5.69 Å². The van der Waals surface area contributed by atoms with Crippen molar-refractivity contribution in [2.24, 2.45) is 5.73 Å². The van der Waals surface area contributed by atoms with E-state index in [2.05, 4.69) is 4.98 Å². The van der Waals surface area contributed by atoms with E-state index in [-0.39, 0.29) is 17.3 Å². The quantitative estimate of drug-likeness (QED) is 0.916. The first-order valence-corrected chi connectivity index (χ1v) is 5.39. The van der Waals surface area contributed by atoms with Crippen LogP contribution in [0.15, 0.2) is 30.7 Å². The Kier molecular flexibility index (Phi) is 3.32. The number of nitrogens with zero attached hydrogens (tertiary/aromatic N) is 2. The topological polar surface area (TPSA) is 43.8 Å². The van der Waals surface area contributed by atoms with Crippen molar-refractivity contribution in [2.75, 3.05) is 0 Å². The summed E-state index contributed by atoms with van der Waals surface area (Å²) in [6.07, 6.45) is -1.73. The lowest BCUT2D eigenvalue weighted by molar-refractivity contribution is -0.137. The number of benzene rings is 1. The van der Waals surface area contributed by atoms with E-state index in [4.69, 9.17) is 17.3 Å². The van der Waals surface area contributed by atoms with Crippen molar-refractivity contribution in [3.05, 3.63) is 47.0 Å². The molecule has 96 valence electrons. The molecular formula is C11H9ClF3N3.